The van der Waals surface area contributed by atoms with E-state index in [0.29, 0.717) is 15.9 Å². The van der Waals surface area contributed by atoms with Gasteiger partial charge in [-0.2, -0.15) is 0 Å². The summed E-state index contributed by atoms with van der Waals surface area (Å²) >= 11 is 4.93. The number of hydrogen-bond donors (Lipinski definition) is 1. The predicted molar refractivity (Wildman–Crippen MR) is 116 cm³/mol. The van der Waals surface area contributed by atoms with Crippen LogP contribution in [0.15, 0.2) is 69.3 Å². The number of halogens is 1. The first-order valence-corrected chi connectivity index (χ1v) is 10.5. The van der Waals surface area contributed by atoms with Crippen LogP contribution in [0, 0.1) is 5.41 Å². The summed E-state index contributed by atoms with van der Waals surface area (Å²) < 4.78 is 11.8. The molecular formula is C22H14BrN2O4S-. The van der Waals surface area contributed by atoms with E-state index in [1.807, 2.05) is 29.6 Å². The zero-order valence-electron chi connectivity index (χ0n) is 15.4. The lowest BCUT2D eigenvalue weighted by Crippen LogP contribution is -2.22. The van der Waals surface area contributed by atoms with Crippen molar-refractivity contribution >= 4 is 39.5 Å². The molecule has 4 aromatic rings. The van der Waals surface area contributed by atoms with Gasteiger partial charge in [0.05, 0.1) is 34.6 Å². The number of ether oxygens (including phenoxy) is 1. The van der Waals surface area contributed by atoms with E-state index >= 15 is 0 Å². The van der Waals surface area contributed by atoms with Crippen molar-refractivity contribution in [3.63, 3.8) is 0 Å². The summed E-state index contributed by atoms with van der Waals surface area (Å²) in [7, 11) is 0. The van der Waals surface area contributed by atoms with Crippen LogP contribution in [0.2, 0.25) is 0 Å². The SMILES string of the molecule is N=Cc1c(-c2ccoc2)cc(-c2cccs2)nc1OCc1ccc(C(=O)[O-])cc1Br. The fourth-order valence-electron chi connectivity index (χ4n) is 2.93. The maximum atomic E-state index is 11.0. The van der Waals surface area contributed by atoms with Gasteiger partial charge in [-0.25, -0.2) is 4.98 Å². The number of nitrogens with one attached hydrogen (secondary N) is 1. The van der Waals surface area contributed by atoms with Crippen molar-refractivity contribution in [2.45, 2.75) is 6.61 Å². The Bertz CT molecular complexity index is 1200. The van der Waals surface area contributed by atoms with E-state index in [-0.39, 0.29) is 12.2 Å². The molecule has 0 bridgehead atoms. The standard InChI is InChI=1S/C22H15BrN2O4S/c23-18-8-13(22(26)27)3-4-15(18)12-29-21-17(10-24)16(14-5-6-28-11-14)9-19(25-21)20-2-1-7-30-20/h1-11,24H,12H2,(H,26,27)/p-1. The Morgan fingerprint density at radius 3 is 2.80 bits per heavy atom. The van der Waals surface area contributed by atoms with E-state index in [0.717, 1.165) is 27.3 Å². The lowest BCUT2D eigenvalue weighted by atomic mass is 10.0. The summed E-state index contributed by atoms with van der Waals surface area (Å²) in [5.41, 5.74) is 3.67. The zero-order valence-corrected chi connectivity index (χ0v) is 17.8. The molecule has 0 radical (unpaired) electrons. The lowest BCUT2D eigenvalue weighted by molar-refractivity contribution is -0.255. The average molecular weight is 482 g/mol. The molecule has 8 heteroatoms. The number of nitrogens with zero attached hydrogens (tertiary/aromatic N) is 1. The Kier molecular flexibility index (Phi) is 5.78. The summed E-state index contributed by atoms with van der Waals surface area (Å²) in [5, 5.41) is 20.9. The van der Waals surface area contributed by atoms with Gasteiger partial charge in [-0.3, -0.25) is 0 Å². The highest BCUT2D eigenvalue weighted by molar-refractivity contribution is 9.10. The van der Waals surface area contributed by atoms with Crippen molar-refractivity contribution < 1.29 is 19.1 Å². The summed E-state index contributed by atoms with van der Waals surface area (Å²) in [5.74, 6) is -0.938. The molecule has 0 atom stereocenters. The molecule has 0 fully saturated rings. The zero-order chi connectivity index (χ0) is 21.1. The van der Waals surface area contributed by atoms with Crippen molar-refractivity contribution in [3.8, 4) is 27.6 Å². The smallest absolute Gasteiger partial charge is 0.223 e. The third-order valence-electron chi connectivity index (χ3n) is 4.43. The molecule has 0 amide bonds. The lowest BCUT2D eigenvalue weighted by Gasteiger charge is -2.14. The minimum absolute atomic E-state index is 0.0749. The quantitative estimate of drug-likeness (QED) is 0.383. The minimum atomic E-state index is -1.25. The first-order chi connectivity index (χ1) is 14.6. The van der Waals surface area contributed by atoms with Crippen LogP contribution in [0.1, 0.15) is 21.5 Å². The molecular weight excluding hydrogens is 468 g/mol. The molecule has 0 spiro atoms. The normalized spacial score (nSPS) is 10.7. The molecule has 0 saturated heterocycles. The third-order valence-corrected chi connectivity index (χ3v) is 6.06. The van der Waals surface area contributed by atoms with Gasteiger partial charge in [0, 0.05) is 27.4 Å². The molecule has 0 aliphatic rings. The topological polar surface area (TPSA) is 99.2 Å². The summed E-state index contributed by atoms with van der Waals surface area (Å²) in [6, 6.07) is 12.2. The van der Waals surface area contributed by atoms with Gasteiger partial charge in [-0.05, 0) is 35.2 Å². The Balaban J connectivity index is 1.73. The number of furan rings is 1. The number of aromatic nitrogens is 1. The molecule has 0 aliphatic carbocycles. The third kappa shape index (κ3) is 4.05. The highest BCUT2D eigenvalue weighted by atomic mass is 79.9. The molecule has 0 unspecified atom stereocenters. The van der Waals surface area contributed by atoms with E-state index in [2.05, 4.69) is 20.9 Å². The van der Waals surface area contributed by atoms with Crippen LogP contribution < -0.4 is 9.84 Å². The Morgan fingerprint density at radius 1 is 1.30 bits per heavy atom. The van der Waals surface area contributed by atoms with Crippen molar-refractivity contribution in [1.82, 2.24) is 4.98 Å². The largest absolute Gasteiger partial charge is 0.545 e. The Morgan fingerprint density at radius 2 is 2.17 bits per heavy atom. The Labute approximate surface area is 184 Å². The van der Waals surface area contributed by atoms with Crippen molar-refractivity contribution in [1.29, 1.82) is 5.41 Å². The number of hydrogen-bond acceptors (Lipinski definition) is 7. The fraction of sp³-hybridized carbons (Fsp3) is 0.0455. The highest BCUT2D eigenvalue weighted by Crippen LogP contribution is 2.35. The molecule has 1 N–H and O–H groups in total. The Hall–Kier alpha value is -3.23. The fourth-order valence-corrected chi connectivity index (χ4v) is 4.11. The maximum Gasteiger partial charge on any atom is 0.223 e. The van der Waals surface area contributed by atoms with Gasteiger partial charge in [0.1, 0.15) is 6.61 Å². The van der Waals surface area contributed by atoms with E-state index in [9.17, 15) is 9.90 Å². The maximum absolute atomic E-state index is 11.0. The van der Waals surface area contributed by atoms with E-state index in [1.54, 1.807) is 29.9 Å². The molecule has 3 aromatic heterocycles. The molecule has 30 heavy (non-hydrogen) atoms. The first-order valence-electron chi connectivity index (χ1n) is 8.81. The number of thiophene rings is 1. The van der Waals surface area contributed by atoms with Crippen LogP contribution in [-0.4, -0.2) is 17.2 Å². The summed E-state index contributed by atoms with van der Waals surface area (Å²) in [6.07, 6.45) is 4.39. The number of aromatic carboxylic acids is 1. The first kappa shape index (κ1) is 20.1. The second kappa shape index (κ2) is 8.64. The molecule has 3 heterocycles. The van der Waals surface area contributed by atoms with Crippen LogP contribution in [0.3, 0.4) is 0 Å². The predicted octanol–water partition coefficient (Wildman–Crippen LogP) is 4.77. The van der Waals surface area contributed by atoms with Crippen molar-refractivity contribution in [2.24, 2.45) is 0 Å². The number of carbonyl (C=O) groups excluding carboxylic acids is 1. The monoisotopic (exact) mass is 481 g/mol. The molecule has 0 aliphatic heterocycles. The van der Waals surface area contributed by atoms with Gasteiger partial charge < -0.3 is 24.5 Å². The van der Waals surface area contributed by atoms with E-state index < -0.39 is 5.97 Å². The van der Waals surface area contributed by atoms with Crippen molar-refractivity contribution in [3.05, 3.63) is 81.5 Å². The average Bonchev–Trinajstić information content (AvgIpc) is 3.46. The van der Waals surface area contributed by atoms with Crippen LogP contribution in [-0.2, 0) is 6.61 Å². The van der Waals surface area contributed by atoms with Gasteiger partial charge >= 0.3 is 0 Å². The molecule has 0 saturated carbocycles. The minimum Gasteiger partial charge on any atom is -0.545 e. The summed E-state index contributed by atoms with van der Waals surface area (Å²) in [4.78, 5) is 16.6. The van der Waals surface area contributed by atoms with Crippen molar-refractivity contribution in [2.75, 3.05) is 0 Å². The summed E-state index contributed by atoms with van der Waals surface area (Å²) in [6.45, 7) is 0.139. The highest BCUT2D eigenvalue weighted by Gasteiger charge is 2.17. The number of carbonyl (C=O) groups is 1. The molecule has 4 rings (SSSR count). The molecule has 6 nitrogen and oxygen atoms in total. The van der Waals surface area contributed by atoms with E-state index in [1.165, 1.54) is 18.3 Å². The second-order valence-electron chi connectivity index (χ2n) is 6.29. The molecule has 150 valence electrons. The number of pyridine rings is 1. The van der Waals surface area contributed by atoms with Crippen LogP contribution in [0.25, 0.3) is 21.7 Å². The number of carboxylic acid groups (broad SMARTS) is 1. The van der Waals surface area contributed by atoms with E-state index in [4.69, 9.17) is 14.6 Å². The number of benzene rings is 1. The van der Waals surface area contributed by atoms with Crippen LogP contribution >= 0.6 is 27.3 Å². The van der Waals surface area contributed by atoms with Gasteiger partial charge in [0.2, 0.25) is 5.88 Å². The van der Waals surface area contributed by atoms with Crippen LogP contribution in [0.4, 0.5) is 0 Å². The van der Waals surface area contributed by atoms with Gasteiger partial charge in [0.25, 0.3) is 0 Å². The van der Waals surface area contributed by atoms with Gasteiger partial charge in [-0.1, -0.05) is 34.1 Å². The number of rotatable bonds is 7. The van der Waals surface area contributed by atoms with Crippen LogP contribution in [0.5, 0.6) is 5.88 Å². The molecule has 1 aromatic carbocycles. The van der Waals surface area contributed by atoms with Gasteiger partial charge in [0.15, 0.2) is 0 Å². The number of carboxylic acids is 1. The van der Waals surface area contributed by atoms with Gasteiger partial charge in [-0.15, -0.1) is 11.3 Å². The second-order valence-corrected chi connectivity index (χ2v) is 8.09.